The van der Waals surface area contributed by atoms with E-state index in [1.807, 2.05) is 13.8 Å². The molecule has 0 heterocycles. The highest BCUT2D eigenvalue weighted by Gasteiger charge is 2.72. The maximum atomic E-state index is 13.4. The average Bonchev–Trinajstić information content (AvgIpc) is 2.84. The fourth-order valence-corrected chi connectivity index (χ4v) is 11.2. The Kier molecular flexibility index (Phi) is 6.18. The number of allylic oxidation sites excluding steroid dienone is 1. The van der Waals surface area contributed by atoms with Crippen LogP contribution < -0.4 is 0 Å². The summed E-state index contributed by atoms with van der Waals surface area (Å²) in [6, 6.07) is 0. The maximum Gasteiger partial charge on any atom is 0.312 e. The standard InChI is InChI=1S/C31H50O6/c1-18-10-13-31(25(35)37-7)15-14-28(4)19(23(31)30(18,6)36)8-9-22-26(2)16-20(33)24(34)27(3,17-32)21(26)11-12-29(22,28)5/h8,18,20-24,32-34,36H,9-17H2,1-7H3/t18-,20-,21-,22-,23-,24-,26+,27-,28-,29-,30-,31+/m1/s1. The molecule has 0 aromatic rings. The summed E-state index contributed by atoms with van der Waals surface area (Å²) in [6.45, 7) is 12.9. The summed E-state index contributed by atoms with van der Waals surface area (Å²) in [5.41, 5.74) is -1.75. The first-order valence-electron chi connectivity index (χ1n) is 14.6. The van der Waals surface area contributed by atoms with Crippen molar-refractivity contribution < 1.29 is 30.0 Å². The first-order chi connectivity index (χ1) is 17.1. The zero-order valence-corrected chi connectivity index (χ0v) is 24.0. The van der Waals surface area contributed by atoms with E-state index in [4.69, 9.17) is 4.74 Å². The Morgan fingerprint density at radius 2 is 1.70 bits per heavy atom. The van der Waals surface area contributed by atoms with Crippen LogP contribution in [0.1, 0.15) is 92.9 Å². The Hall–Kier alpha value is -0.950. The zero-order chi connectivity index (χ0) is 27.4. The molecule has 6 heteroatoms. The summed E-state index contributed by atoms with van der Waals surface area (Å²) in [5.74, 6) is -0.0105. The molecular weight excluding hydrogens is 468 g/mol. The van der Waals surface area contributed by atoms with Crippen molar-refractivity contribution in [3.05, 3.63) is 11.6 Å². The summed E-state index contributed by atoms with van der Waals surface area (Å²) < 4.78 is 5.41. The highest BCUT2D eigenvalue weighted by Crippen LogP contribution is 2.76. The third-order valence-electron chi connectivity index (χ3n) is 13.7. The average molecular weight is 519 g/mol. The van der Waals surface area contributed by atoms with E-state index in [2.05, 4.69) is 33.8 Å². The number of esters is 1. The third kappa shape index (κ3) is 3.16. The quantitative estimate of drug-likeness (QED) is 0.322. The van der Waals surface area contributed by atoms with E-state index in [0.717, 1.165) is 38.5 Å². The number of aliphatic hydroxyl groups is 4. The molecule has 37 heavy (non-hydrogen) atoms. The maximum absolute atomic E-state index is 13.4. The third-order valence-corrected chi connectivity index (χ3v) is 13.7. The molecule has 5 aliphatic carbocycles. The molecule has 210 valence electrons. The van der Waals surface area contributed by atoms with Gasteiger partial charge < -0.3 is 25.2 Å². The van der Waals surface area contributed by atoms with Gasteiger partial charge in [0.15, 0.2) is 0 Å². The van der Waals surface area contributed by atoms with E-state index in [0.29, 0.717) is 12.8 Å². The van der Waals surface area contributed by atoms with Crippen molar-refractivity contribution >= 4 is 5.97 Å². The van der Waals surface area contributed by atoms with Crippen molar-refractivity contribution in [2.24, 2.45) is 50.7 Å². The molecular formula is C31H50O6. The number of hydrogen-bond donors (Lipinski definition) is 4. The lowest BCUT2D eigenvalue weighted by Gasteiger charge is -2.72. The summed E-state index contributed by atoms with van der Waals surface area (Å²) in [5, 5.41) is 44.5. The topological polar surface area (TPSA) is 107 Å². The normalized spacial score (nSPS) is 57.2. The molecule has 0 aliphatic heterocycles. The van der Waals surface area contributed by atoms with Crippen molar-refractivity contribution in [1.29, 1.82) is 0 Å². The van der Waals surface area contributed by atoms with Gasteiger partial charge in [-0.05, 0) is 92.3 Å². The van der Waals surface area contributed by atoms with E-state index >= 15 is 0 Å². The molecule has 0 radical (unpaired) electrons. The number of hydrogen-bond acceptors (Lipinski definition) is 6. The van der Waals surface area contributed by atoms with Gasteiger partial charge in [-0.2, -0.15) is 0 Å². The second-order valence-electron chi connectivity index (χ2n) is 14.9. The van der Waals surface area contributed by atoms with Gasteiger partial charge in [-0.25, -0.2) is 0 Å². The van der Waals surface area contributed by atoms with E-state index in [1.165, 1.54) is 12.7 Å². The van der Waals surface area contributed by atoms with E-state index in [1.54, 1.807) is 0 Å². The van der Waals surface area contributed by atoms with Crippen molar-refractivity contribution in [2.75, 3.05) is 13.7 Å². The van der Waals surface area contributed by atoms with Crippen LogP contribution in [0.3, 0.4) is 0 Å². The number of ether oxygens (including phenoxy) is 1. The van der Waals surface area contributed by atoms with Crippen molar-refractivity contribution in [2.45, 2.75) is 111 Å². The van der Waals surface area contributed by atoms with Gasteiger partial charge in [0.2, 0.25) is 0 Å². The van der Waals surface area contributed by atoms with Crippen LogP contribution in [-0.2, 0) is 9.53 Å². The first kappa shape index (κ1) is 27.6. The van der Waals surface area contributed by atoms with Gasteiger partial charge in [0.25, 0.3) is 0 Å². The minimum atomic E-state index is -1.01. The monoisotopic (exact) mass is 518 g/mol. The van der Waals surface area contributed by atoms with Gasteiger partial charge >= 0.3 is 5.97 Å². The van der Waals surface area contributed by atoms with Crippen LogP contribution in [0, 0.1) is 50.7 Å². The van der Waals surface area contributed by atoms with Crippen LogP contribution in [0.4, 0.5) is 0 Å². The Labute approximate surface area is 222 Å². The largest absolute Gasteiger partial charge is 0.469 e. The number of rotatable bonds is 2. The van der Waals surface area contributed by atoms with Crippen molar-refractivity contribution in [1.82, 2.24) is 0 Å². The molecule has 12 atom stereocenters. The number of aliphatic hydroxyl groups excluding tert-OH is 3. The summed E-state index contributed by atoms with van der Waals surface area (Å²) >= 11 is 0. The van der Waals surface area contributed by atoms with Gasteiger partial charge in [0.1, 0.15) is 0 Å². The molecule has 0 saturated heterocycles. The SMILES string of the molecule is COC(=O)[C@]12CC[C@@H](C)[C@@](C)(O)[C@H]1C1=CC[C@@H]3[C@@]4(C)C[C@@H](O)[C@@H](O)[C@](C)(CO)[C@@H]4CC[C@@]3(C)[C@]1(C)CC2. The molecule has 4 saturated carbocycles. The molecule has 5 rings (SSSR count). The van der Waals surface area contributed by atoms with Gasteiger partial charge in [0.05, 0.1) is 36.9 Å². The first-order valence-corrected chi connectivity index (χ1v) is 14.6. The van der Waals surface area contributed by atoms with Crippen LogP contribution in [0.25, 0.3) is 0 Å². The van der Waals surface area contributed by atoms with E-state index < -0.39 is 28.6 Å². The Balaban J connectivity index is 1.65. The number of fused-ring (bicyclic) bond motifs is 7. The van der Waals surface area contributed by atoms with Crippen LogP contribution in [0.5, 0.6) is 0 Å². The fraction of sp³-hybridized carbons (Fsp3) is 0.903. The van der Waals surface area contributed by atoms with Crippen LogP contribution in [0.2, 0.25) is 0 Å². The van der Waals surface area contributed by atoms with E-state index in [-0.39, 0.29) is 52.5 Å². The molecule has 4 fully saturated rings. The molecule has 0 amide bonds. The smallest absolute Gasteiger partial charge is 0.312 e. The summed E-state index contributed by atoms with van der Waals surface area (Å²) in [6.07, 6.45) is 6.86. The van der Waals surface area contributed by atoms with Crippen LogP contribution in [0.15, 0.2) is 11.6 Å². The van der Waals surface area contributed by atoms with E-state index in [9.17, 15) is 25.2 Å². The fourth-order valence-electron chi connectivity index (χ4n) is 11.2. The molecule has 0 unspecified atom stereocenters. The Morgan fingerprint density at radius 1 is 1.03 bits per heavy atom. The zero-order valence-electron chi connectivity index (χ0n) is 24.0. The summed E-state index contributed by atoms with van der Waals surface area (Å²) in [7, 11) is 1.48. The van der Waals surface area contributed by atoms with Crippen LogP contribution >= 0.6 is 0 Å². The molecule has 0 aromatic carbocycles. The van der Waals surface area contributed by atoms with Crippen LogP contribution in [-0.4, -0.2) is 57.9 Å². The van der Waals surface area contributed by atoms with Gasteiger partial charge in [-0.1, -0.05) is 46.3 Å². The number of carbonyl (C=O) groups is 1. The summed E-state index contributed by atoms with van der Waals surface area (Å²) in [4.78, 5) is 13.4. The van der Waals surface area contributed by atoms with Gasteiger partial charge in [-0.3, -0.25) is 4.79 Å². The predicted octanol–water partition coefficient (Wildman–Crippen LogP) is 4.24. The van der Waals surface area contributed by atoms with Gasteiger partial charge in [-0.15, -0.1) is 0 Å². The van der Waals surface area contributed by atoms with Crippen molar-refractivity contribution in [3.63, 3.8) is 0 Å². The molecule has 0 spiro atoms. The minimum Gasteiger partial charge on any atom is -0.469 e. The highest BCUT2D eigenvalue weighted by atomic mass is 16.5. The number of methoxy groups -OCH3 is 1. The predicted molar refractivity (Wildman–Crippen MR) is 141 cm³/mol. The Bertz CT molecular complexity index is 990. The lowest BCUT2D eigenvalue weighted by Crippen LogP contribution is -2.69. The molecule has 0 bridgehead atoms. The molecule has 4 N–H and O–H groups in total. The lowest BCUT2D eigenvalue weighted by molar-refractivity contribution is -0.247. The second-order valence-corrected chi connectivity index (χ2v) is 14.9. The lowest BCUT2D eigenvalue weighted by atomic mass is 9.33. The molecule has 0 aromatic heterocycles. The minimum absolute atomic E-state index is 0.0811. The Morgan fingerprint density at radius 3 is 2.32 bits per heavy atom. The van der Waals surface area contributed by atoms with Crippen molar-refractivity contribution in [3.8, 4) is 0 Å². The highest BCUT2D eigenvalue weighted by molar-refractivity contribution is 5.79. The van der Waals surface area contributed by atoms with Gasteiger partial charge in [0, 0.05) is 11.3 Å². The second kappa shape index (κ2) is 8.28. The number of carbonyl (C=O) groups excluding carboxylic acids is 1. The molecule has 5 aliphatic rings. The molecule has 6 nitrogen and oxygen atoms in total.